The number of rotatable bonds is 7. The lowest BCUT2D eigenvalue weighted by Gasteiger charge is -2.34. The molecule has 5 rings (SSSR count). The average Bonchev–Trinajstić information content (AvgIpc) is 3.55. The second kappa shape index (κ2) is 13.0. The number of nitrogens with zero attached hydrogens (tertiary/aromatic N) is 4. The fraction of sp³-hybridized carbons (Fsp3) is 0.531. The van der Waals surface area contributed by atoms with Gasteiger partial charge in [-0.05, 0) is 80.5 Å². The van der Waals surface area contributed by atoms with Gasteiger partial charge >= 0.3 is 6.18 Å². The van der Waals surface area contributed by atoms with Gasteiger partial charge in [-0.25, -0.2) is 4.39 Å². The molecule has 7 nitrogen and oxygen atoms in total. The van der Waals surface area contributed by atoms with E-state index < -0.39 is 23.5 Å². The topological polar surface area (TPSA) is 64.2 Å². The summed E-state index contributed by atoms with van der Waals surface area (Å²) in [5.41, 5.74) is 0.0785. The summed E-state index contributed by atoms with van der Waals surface area (Å²) < 4.78 is 53.2. The number of benzene rings is 2. The highest BCUT2D eigenvalue weighted by Gasteiger charge is 2.42. The van der Waals surface area contributed by atoms with Crippen LogP contribution in [0.1, 0.15) is 47.7 Å². The monoisotopic (exact) mass is 636 g/mol. The van der Waals surface area contributed by atoms with Gasteiger partial charge in [-0.3, -0.25) is 14.4 Å². The first-order chi connectivity index (χ1) is 20.8. The predicted molar refractivity (Wildman–Crippen MR) is 159 cm³/mol. The van der Waals surface area contributed by atoms with Gasteiger partial charge in [0.15, 0.2) is 0 Å². The maximum Gasteiger partial charge on any atom is 0.419 e. The maximum atomic E-state index is 13.7. The van der Waals surface area contributed by atoms with Crippen LogP contribution in [0.25, 0.3) is 0 Å². The summed E-state index contributed by atoms with van der Waals surface area (Å²) >= 11 is 6.42. The van der Waals surface area contributed by atoms with Crippen LogP contribution in [0.3, 0.4) is 0 Å². The molecule has 238 valence electrons. The lowest BCUT2D eigenvalue weighted by molar-refractivity contribution is -0.140. The summed E-state index contributed by atoms with van der Waals surface area (Å²) in [7, 11) is 0. The largest absolute Gasteiger partial charge is 0.419 e. The van der Waals surface area contributed by atoms with Crippen molar-refractivity contribution in [3.63, 3.8) is 0 Å². The van der Waals surface area contributed by atoms with Gasteiger partial charge in [0, 0.05) is 74.9 Å². The first-order valence-corrected chi connectivity index (χ1v) is 15.4. The highest BCUT2D eigenvalue weighted by atomic mass is 35.5. The van der Waals surface area contributed by atoms with Gasteiger partial charge in [0.1, 0.15) is 5.82 Å². The van der Waals surface area contributed by atoms with Crippen LogP contribution >= 0.6 is 11.6 Å². The average molecular weight is 637 g/mol. The van der Waals surface area contributed by atoms with Crippen LogP contribution in [0.5, 0.6) is 0 Å². The Morgan fingerprint density at radius 3 is 2.20 bits per heavy atom. The number of aryl methyl sites for hydroxylation is 1. The summed E-state index contributed by atoms with van der Waals surface area (Å²) in [6, 6.07) is 8.04. The molecule has 2 atom stereocenters. The van der Waals surface area contributed by atoms with E-state index in [0.717, 1.165) is 43.4 Å². The third kappa shape index (κ3) is 7.04. The minimum absolute atomic E-state index is 0.0204. The third-order valence-electron chi connectivity index (χ3n) is 9.25. The van der Waals surface area contributed by atoms with Crippen molar-refractivity contribution in [2.24, 2.45) is 17.8 Å². The molecule has 3 aliphatic rings. The molecule has 3 fully saturated rings. The Balaban J connectivity index is 1.16. The molecule has 3 aliphatic heterocycles. The molecule has 0 aromatic heterocycles. The number of likely N-dealkylation sites (tertiary alicyclic amines) is 3. The van der Waals surface area contributed by atoms with E-state index in [1.807, 2.05) is 30.0 Å². The number of halogens is 5. The molecule has 3 amide bonds. The van der Waals surface area contributed by atoms with Gasteiger partial charge in [0.2, 0.25) is 11.8 Å². The molecule has 12 heteroatoms. The summed E-state index contributed by atoms with van der Waals surface area (Å²) in [5.74, 6) is -1.64. The van der Waals surface area contributed by atoms with Crippen molar-refractivity contribution in [3.05, 3.63) is 63.9 Å². The Labute approximate surface area is 259 Å². The van der Waals surface area contributed by atoms with Gasteiger partial charge in [-0.15, -0.1) is 0 Å². The van der Waals surface area contributed by atoms with Gasteiger partial charge in [0.25, 0.3) is 5.91 Å². The molecule has 2 aromatic carbocycles. The standard InChI is InChI=1S/C32H37ClF4N4O3/c1-20-4-6-26(15-28(20)33)41(31(44)22-8-12-39(13-9-22)21(2)42)11-3-10-38-16-24-18-40(19-25(24)17-38)30(43)23-5-7-29(34)27(14-23)32(35,36)37/h4-7,14-15,22,24-25H,3,8-13,16-19H2,1-2H3. The van der Waals surface area contributed by atoms with Gasteiger partial charge in [0.05, 0.1) is 5.56 Å². The minimum atomic E-state index is -4.87. The first kappa shape index (κ1) is 32.2. The Morgan fingerprint density at radius 1 is 0.955 bits per heavy atom. The quantitative estimate of drug-likeness (QED) is 0.377. The molecular formula is C32H37ClF4N4O3. The van der Waals surface area contributed by atoms with Gasteiger partial charge in [-0.1, -0.05) is 17.7 Å². The van der Waals surface area contributed by atoms with Crippen LogP contribution in [0.4, 0.5) is 23.2 Å². The van der Waals surface area contributed by atoms with E-state index in [1.54, 1.807) is 16.7 Å². The molecule has 0 saturated carbocycles. The fourth-order valence-electron chi connectivity index (χ4n) is 6.73. The van der Waals surface area contributed by atoms with Crippen molar-refractivity contribution in [2.75, 3.05) is 57.3 Å². The maximum absolute atomic E-state index is 13.7. The highest BCUT2D eigenvalue weighted by Crippen LogP contribution is 2.35. The van der Waals surface area contributed by atoms with E-state index in [-0.39, 0.29) is 35.1 Å². The van der Waals surface area contributed by atoms with Crippen LogP contribution in [-0.2, 0) is 15.8 Å². The number of carbonyl (C=O) groups excluding carboxylic acids is 3. The number of amides is 3. The van der Waals surface area contributed by atoms with E-state index in [2.05, 4.69) is 4.90 Å². The predicted octanol–water partition coefficient (Wildman–Crippen LogP) is 5.49. The summed E-state index contributed by atoms with van der Waals surface area (Å²) in [5, 5.41) is 0.591. The smallest absolute Gasteiger partial charge is 0.343 e. The molecule has 2 aromatic rings. The molecule has 0 N–H and O–H groups in total. The molecule has 0 spiro atoms. The zero-order chi connectivity index (χ0) is 31.8. The molecule has 3 saturated heterocycles. The van der Waals surface area contributed by atoms with Crippen LogP contribution in [-0.4, -0.2) is 84.8 Å². The van der Waals surface area contributed by atoms with E-state index in [4.69, 9.17) is 11.6 Å². The second-order valence-corrected chi connectivity index (χ2v) is 12.6. The Hall–Kier alpha value is -3.18. The molecule has 44 heavy (non-hydrogen) atoms. The van der Waals surface area contributed by atoms with Crippen molar-refractivity contribution < 1.29 is 31.9 Å². The molecule has 0 aliphatic carbocycles. The lowest BCUT2D eigenvalue weighted by Crippen LogP contribution is -2.44. The lowest BCUT2D eigenvalue weighted by atomic mass is 9.94. The van der Waals surface area contributed by atoms with Crippen LogP contribution in [0, 0.1) is 30.5 Å². The Morgan fingerprint density at radius 2 is 1.61 bits per heavy atom. The van der Waals surface area contributed by atoms with Crippen LogP contribution < -0.4 is 4.90 Å². The number of alkyl halides is 3. The van der Waals surface area contributed by atoms with Crippen molar-refractivity contribution >= 4 is 35.0 Å². The van der Waals surface area contributed by atoms with Crippen molar-refractivity contribution in [1.82, 2.24) is 14.7 Å². The summed E-state index contributed by atoms with van der Waals surface area (Å²) in [6.07, 6.45) is -2.91. The zero-order valence-corrected chi connectivity index (χ0v) is 25.6. The molecule has 0 radical (unpaired) electrons. The molecule has 0 bridgehead atoms. The number of fused-ring (bicyclic) bond motifs is 1. The Kier molecular flexibility index (Phi) is 9.55. The van der Waals surface area contributed by atoms with Crippen LogP contribution in [0.2, 0.25) is 5.02 Å². The number of piperidine rings is 1. The molecule has 2 unspecified atom stereocenters. The van der Waals surface area contributed by atoms with E-state index in [9.17, 15) is 31.9 Å². The fourth-order valence-corrected chi connectivity index (χ4v) is 6.90. The summed E-state index contributed by atoms with van der Waals surface area (Å²) in [6.45, 7) is 8.21. The zero-order valence-electron chi connectivity index (χ0n) is 24.9. The first-order valence-electron chi connectivity index (χ1n) is 15.0. The number of hydrogen-bond acceptors (Lipinski definition) is 4. The summed E-state index contributed by atoms with van der Waals surface area (Å²) in [4.78, 5) is 45.9. The van der Waals surface area contributed by atoms with Gasteiger partial charge in [-0.2, -0.15) is 13.2 Å². The normalized spacial score (nSPS) is 21.1. The molecular weight excluding hydrogens is 600 g/mol. The van der Waals surface area contributed by atoms with Crippen molar-refractivity contribution in [1.29, 1.82) is 0 Å². The number of hydrogen-bond donors (Lipinski definition) is 0. The Bertz CT molecular complexity index is 1400. The number of anilines is 1. The minimum Gasteiger partial charge on any atom is -0.343 e. The highest BCUT2D eigenvalue weighted by molar-refractivity contribution is 6.31. The SMILES string of the molecule is CC(=O)N1CCC(C(=O)N(CCCN2CC3CN(C(=O)c4ccc(F)c(C(F)(F)F)c4)CC3C2)c2ccc(C)c(Cl)c2)CC1. The van der Waals surface area contributed by atoms with Crippen molar-refractivity contribution in [3.8, 4) is 0 Å². The second-order valence-electron chi connectivity index (χ2n) is 12.2. The van der Waals surface area contributed by atoms with E-state index >= 15 is 0 Å². The molecule has 3 heterocycles. The number of carbonyl (C=O) groups is 3. The van der Waals surface area contributed by atoms with E-state index in [0.29, 0.717) is 62.7 Å². The van der Waals surface area contributed by atoms with Gasteiger partial charge < -0.3 is 19.6 Å². The van der Waals surface area contributed by atoms with Crippen molar-refractivity contribution in [2.45, 2.75) is 39.3 Å². The third-order valence-corrected chi connectivity index (χ3v) is 9.65. The van der Waals surface area contributed by atoms with E-state index in [1.165, 1.54) is 0 Å². The van der Waals surface area contributed by atoms with Crippen LogP contribution in [0.15, 0.2) is 36.4 Å².